The van der Waals surface area contributed by atoms with Crippen molar-refractivity contribution < 1.29 is 4.74 Å². The summed E-state index contributed by atoms with van der Waals surface area (Å²) in [4.78, 5) is 0. The van der Waals surface area contributed by atoms with E-state index in [9.17, 15) is 0 Å². The monoisotopic (exact) mass is 98.1 g/mol. The largest absolute Gasteiger partial charge is 0.495 e. The van der Waals surface area contributed by atoms with Crippen LogP contribution >= 0.6 is 0 Å². The second-order valence-electron chi connectivity index (χ2n) is 1.24. The summed E-state index contributed by atoms with van der Waals surface area (Å²) in [6.07, 6.45) is 3.21. The van der Waals surface area contributed by atoms with Crippen molar-refractivity contribution in [2.75, 3.05) is 0 Å². The normalized spacial score (nSPS) is 12.1. The minimum atomic E-state index is 0.0949. The summed E-state index contributed by atoms with van der Waals surface area (Å²) in [7, 11) is 0. The fourth-order valence-corrected chi connectivity index (χ4v) is 0.207. The van der Waals surface area contributed by atoms with Crippen molar-refractivity contribution in [2.45, 2.75) is 13.0 Å². The Balaban J connectivity index is 3.15. The van der Waals surface area contributed by atoms with Crippen LogP contribution in [0.4, 0.5) is 0 Å². The summed E-state index contributed by atoms with van der Waals surface area (Å²) in [6, 6.07) is 0. The fourth-order valence-electron chi connectivity index (χ4n) is 0.207. The van der Waals surface area contributed by atoms with Gasteiger partial charge in [0.15, 0.2) is 0 Å². The molecule has 0 fully saturated rings. The van der Waals surface area contributed by atoms with Crippen LogP contribution in [-0.4, -0.2) is 6.10 Å². The fraction of sp³-hybridized carbons (Fsp3) is 0.333. The second-order valence-corrected chi connectivity index (χ2v) is 1.24. The van der Waals surface area contributed by atoms with Crippen LogP contribution in [0.25, 0.3) is 0 Å². The average molecular weight is 98.1 g/mol. The predicted octanol–water partition coefficient (Wildman–Crippen LogP) is 1.72. The molecule has 0 aromatic heterocycles. The summed E-state index contributed by atoms with van der Waals surface area (Å²) >= 11 is 0. The maximum atomic E-state index is 4.84. The molecule has 40 valence electrons. The molecule has 0 spiro atoms. The molecular formula is C6H10O. The lowest BCUT2D eigenvalue weighted by molar-refractivity contribution is 0.205. The average Bonchev–Trinajstić information content (AvgIpc) is 1.68. The third-order valence-electron chi connectivity index (χ3n) is 0.643. The van der Waals surface area contributed by atoms with Gasteiger partial charge >= 0.3 is 0 Å². The van der Waals surface area contributed by atoms with Gasteiger partial charge in [-0.05, 0) is 6.92 Å². The molecule has 1 nitrogen and oxygen atoms in total. The quantitative estimate of drug-likeness (QED) is 0.386. The van der Waals surface area contributed by atoms with Crippen LogP contribution in [0.3, 0.4) is 0 Å². The van der Waals surface area contributed by atoms with Gasteiger partial charge < -0.3 is 4.74 Å². The van der Waals surface area contributed by atoms with Crippen LogP contribution in [0, 0.1) is 0 Å². The molecular weight excluding hydrogens is 88.1 g/mol. The highest BCUT2D eigenvalue weighted by molar-refractivity contribution is 4.76. The molecule has 0 aromatic carbocycles. The first-order chi connectivity index (χ1) is 3.31. The van der Waals surface area contributed by atoms with E-state index in [0.29, 0.717) is 0 Å². The van der Waals surface area contributed by atoms with Gasteiger partial charge in [-0.1, -0.05) is 19.2 Å². The maximum Gasteiger partial charge on any atom is 0.113 e. The van der Waals surface area contributed by atoms with Gasteiger partial charge in [0.25, 0.3) is 0 Å². The van der Waals surface area contributed by atoms with Crippen molar-refractivity contribution in [3.8, 4) is 0 Å². The maximum absolute atomic E-state index is 4.84. The SMILES string of the molecule is C=COC(C)C=C. The third-order valence-corrected chi connectivity index (χ3v) is 0.643. The molecule has 0 heterocycles. The van der Waals surface area contributed by atoms with Gasteiger partial charge in [0.1, 0.15) is 6.10 Å². The summed E-state index contributed by atoms with van der Waals surface area (Å²) in [5.74, 6) is 0. The van der Waals surface area contributed by atoms with Gasteiger partial charge in [0.05, 0.1) is 6.26 Å². The predicted molar refractivity (Wildman–Crippen MR) is 30.9 cm³/mol. The molecule has 0 aliphatic heterocycles. The first kappa shape index (κ1) is 6.28. The van der Waals surface area contributed by atoms with Crippen LogP contribution in [0.15, 0.2) is 25.5 Å². The highest BCUT2D eigenvalue weighted by atomic mass is 16.5. The molecule has 0 saturated heterocycles. The topological polar surface area (TPSA) is 9.23 Å². The van der Waals surface area contributed by atoms with E-state index in [-0.39, 0.29) is 6.10 Å². The molecule has 0 amide bonds. The molecule has 0 rings (SSSR count). The molecule has 0 N–H and O–H groups in total. The Bertz CT molecular complexity index is 66.6. The zero-order valence-corrected chi connectivity index (χ0v) is 4.55. The lowest BCUT2D eigenvalue weighted by atomic mass is 10.4. The minimum Gasteiger partial charge on any atom is -0.495 e. The second kappa shape index (κ2) is 3.47. The first-order valence-electron chi connectivity index (χ1n) is 2.20. The van der Waals surface area contributed by atoms with Crippen LogP contribution < -0.4 is 0 Å². The Morgan fingerprint density at radius 1 is 1.57 bits per heavy atom. The molecule has 0 saturated carbocycles. The Hall–Kier alpha value is -0.720. The van der Waals surface area contributed by atoms with Crippen molar-refractivity contribution in [2.24, 2.45) is 0 Å². The van der Waals surface area contributed by atoms with Crippen molar-refractivity contribution in [3.63, 3.8) is 0 Å². The molecule has 0 aliphatic carbocycles. The lowest BCUT2D eigenvalue weighted by Crippen LogP contribution is -1.95. The van der Waals surface area contributed by atoms with E-state index >= 15 is 0 Å². The van der Waals surface area contributed by atoms with E-state index in [0.717, 1.165) is 0 Å². The third kappa shape index (κ3) is 3.10. The van der Waals surface area contributed by atoms with Crippen molar-refractivity contribution in [1.29, 1.82) is 0 Å². The van der Waals surface area contributed by atoms with Gasteiger partial charge in [-0.25, -0.2) is 0 Å². The van der Waals surface area contributed by atoms with E-state index in [4.69, 9.17) is 4.74 Å². The van der Waals surface area contributed by atoms with Gasteiger partial charge in [0, 0.05) is 0 Å². The zero-order chi connectivity index (χ0) is 5.70. The number of hydrogen-bond acceptors (Lipinski definition) is 1. The highest BCUT2D eigenvalue weighted by Gasteiger charge is 1.85. The standard InChI is InChI=1S/C6H10O/c1-4-6(3)7-5-2/h4-6H,1-2H2,3H3. The number of rotatable bonds is 3. The number of hydrogen-bond donors (Lipinski definition) is 0. The number of ether oxygens (including phenoxy) is 1. The molecule has 1 unspecified atom stereocenters. The summed E-state index contributed by atoms with van der Waals surface area (Å²) in [6.45, 7) is 8.78. The van der Waals surface area contributed by atoms with Crippen molar-refractivity contribution >= 4 is 0 Å². The first-order valence-corrected chi connectivity index (χ1v) is 2.20. The highest BCUT2D eigenvalue weighted by Crippen LogP contribution is 1.88. The van der Waals surface area contributed by atoms with Crippen molar-refractivity contribution in [3.05, 3.63) is 25.5 Å². The molecule has 7 heavy (non-hydrogen) atoms. The van der Waals surface area contributed by atoms with Gasteiger partial charge in [-0.15, -0.1) is 0 Å². The van der Waals surface area contributed by atoms with Gasteiger partial charge in [-0.2, -0.15) is 0 Å². The van der Waals surface area contributed by atoms with Gasteiger partial charge in [0.2, 0.25) is 0 Å². The summed E-state index contributed by atoms with van der Waals surface area (Å²) in [5, 5.41) is 0. The molecule has 0 aliphatic rings. The Morgan fingerprint density at radius 3 is 2.29 bits per heavy atom. The van der Waals surface area contributed by atoms with E-state index < -0.39 is 0 Å². The Labute approximate surface area is 44.3 Å². The lowest BCUT2D eigenvalue weighted by Gasteiger charge is -2.01. The van der Waals surface area contributed by atoms with Crippen LogP contribution in [0.1, 0.15) is 6.92 Å². The zero-order valence-electron chi connectivity index (χ0n) is 4.55. The van der Waals surface area contributed by atoms with Crippen molar-refractivity contribution in [1.82, 2.24) is 0 Å². The summed E-state index contributed by atoms with van der Waals surface area (Å²) in [5.41, 5.74) is 0. The Morgan fingerprint density at radius 2 is 2.14 bits per heavy atom. The van der Waals surface area contributed by atoms with Crippen LogP contribution in [-0.2, 0) is 4.74 Å². The van der Waals surface area contributed by atoms with E-state index in [2.05, 4.69) is 13.2 Å². The molecule has 0 radical (unpaired) electrons. The van der Waals surface area contributed by atoms with Crippen LogP contribution in [0.5, 0.6) is 0 Å². The molecule has 1 heteroatoms. The Kier molecular flexibility index (Phi) is 3.11. The van der Waals surface area contributed by atoms with Gasteiger partial charge in [-0.3, -0.25) is 0 Å². The van der Waals surface area contributed by atoms with Crippen LogP contribution in [0.2, 0.25) is 0 Å². The summed E-state index contributed by atoms with van der Waals surface area (Å²) < 4.78 is 4.84. The minimum absolute atomic E-state index is 0.0949. The molecule has 1 atom stereocenters. The molecule has 0 bridgehead atoms. The molecule has 0 aromatic rings. The van der Waals surface area contributed by atoms with E-state index in [1.54, 1.807) is 6.08 Å². The van der Waals surface area contributed by atoms with E-state index in [1.807, 2.05) is 6.92 Å². The smallest absolute Gasteiger partial charge is 0.113 e. The van der Waals surface area contributed by atoms with E-state index in [1.165, 1.54) is 6.26 Å².